The minimum atomic E-state index is -3.48. The fraction of sp³-hybridized carbons (Fsp3) is 0.438. The number of hydrogen-bond donors (Lipinski definition) is 1. The topological polar surface area (TPSA) is 127 Å². The van der Waals surface area contributed by atoms with Gasteiger partial charge in [0.25, 0.3) is 5.91 Å². The first kappa shape index (κ1) is 42.4. The maximum absolute atomic E-state index is 12.5. The molecule has 1 fully saturated rings. The Balaban J connectivity index is 0. The zero-order valence-corrected chi connectivity index (χ0v) is 28.5. The molecule has 0 bridgehead atoms. The van der Waals surface area contributed by atoms with E-state index in [0.29, 0.717) is 13.0 Å². The maximum Gasteiger partial charge on any atom is 0.286 e. The van der Waals surface area contributed by atoms with Crippen LogP contribution in [-0.4, -0.2) is 50.3 Å². The largest absolute Gasteiger partial charge is 0.333 e. The molecule has 0 radical (unpaired) electrons. The Labute approximate surface area is 268 Å². The molecule has 240 valence electrons. The molecule has 11 heteroatoms. The smallest absolute Gasteiger partial charge is 0.286 e. The highest BCUT2D eigenvalue weighted by atomic mass is 35.5. The fourth-order valence-corrected chi connectivity index (χ4v) is 5.20. The molecule has 0 aromatic heterocycles. The molecule has 2 unspecified atom stereocenters. The summed E-state index contributed by atoms with van der Waals surface area (Å²) in [6, 6.07) is 7.69. The Bertz CT molecular complexity index is 1220. The molecule has 2 rings (SSSR count). The molecular weight excluding hydrogens is 609 g/mol. The number of benzene rings is 1. The number of carbonyl (C=O) groups is 2. The van der Waals surface area contributed by atoms with Gasteiger partial charge in [-0.05, 0) is 77.6 Å². The number of sulfonamides is 1. The summed E-state index contributed by atoms with van der Waals surface area (Å²) in [5, 5.41) is 2.45. The van der Waals surface area contributed by atoms with E-state index in [4.69, 9.17) is 23.2 Å². The average molecular weight is 657 g/mol. The van der Waals surface area contributed by atoms with E-state index < -0.39 is 21.2 Å². The molecule has 1 saturated heterocycles. The van der Waals surface area contributed by atoms with Crippen molar-refractivity contribution in [3.8, 4) is 0 Å². The predicted molar refractivity (Wildman–Crippen MR) is 182 cm³/mol. The van der Waals surface area contributed by atoms with E-state index in [-0.39, 0.29) is 18.9 Å². The van der Waals surface area contributed by atoms with Gasteiger partial charge in [-0.2, -0.15) is 0 Å². The third-order valence-electron chi connectivity index (χ3n) is 6.25. The Hall–Kier alpha value is -2.69. The third kappa shape index (κ3) is 17.9. The van der Waals surface area contributed by atoms with Gasteiger partial charge in [0.2, 0.25) is 10.0 Å². The number of halogens is 2. The summed E-state index contributed by atoms with van der Waals surface area (Å²) in [5.41, 5.74) is 10.0. The SMILES string of the molecule is C/C(=C/Cl)c1ccc(CCC(=O)N=O)cc1.C/C=C(\C)Cl.C=CC(/C=C\C(C)=C/C)S(=O)(=O)N1CCCC(C=O)C1.CN. The van der Waals surface area contributed by atoms with Gasteiger partial charge in [0.1, 0.15) is 11.5 Å². The van der Waals surface area contributed by atoms with E-state index in [1.54, 1.807) is 12.2 Å². The minimum Gasteiger partial charge on any atom is -0.333 e. The highest BCUT2D eigenvalue weighted by Crippen LogP contribution is 2.21. The summed E-state index contributed by atoms with van der Waals surface area (Å²) in [6.07, 6.45) is 11.7. The van der Waals surface area contributed by atoms with Crippen LogP contribution < -0.4 is 5.73 Å². The Morgan fingerprint density at radius 2 is 1.74 bits per heavy atom. The molecule has 0 saturated carbocycles. The Morgan fingerprint density at radius 3 is 2.19 bits per heavy atom. The van der Waals surface area contributed by atoms with E-state index in [0.717, 1.165) is 46.4 Å². The zero-order chi connectivity index (χ0) is 33.4. The number of nitroso groups, excluding NO2 is 1. The first-order chi connectivity index (χ1) is 20.4. The molecule has 1 heterocycles. The lowest BCUT2D eigenvalue weighted by Gasteiger charge is -2.31. The monoisotopic (exact) mass is 655 g/mol. The van der Waals surface area contributed by atoms with Gasteiger partial charge in [-0.3, -0.25) is 4.79 Å². The Kier molecular flexibility index (Phi) is 24.4. The van der Waals surface area contributed by atoms with Gasteiger partial charge in [-0.15, -0.1) is 11.5 Å². The van der Waals surface area contributed by atoms with Crippen molar-refractivity contribution < 1.29 is 18.0 Å². The van der Waals surface area contributed by atoms with Crippen molar-refractivity contribution in [3.05, 3.63) is 93.4 Å². The first-order valence-corrected chi connectivity index (χ1v) is 16.2. The second kappa shape index (κ2) is 24.7. The van der Waals surface area contributed by atoms with Crippen LogP contribution in [0.25, 0.3) is 5.57 Å². The highest BCUT2D eigenvalue weighted by molar-refractivity contribution is 7.90. The van der Waals surface area contributed by atoms with Crippen LogP contribution in [0.3, 0.4) is 0 Å². The summed E-state index contributed by atoms with van der Waals surface area (Å²) < 4.78 is 26.5. The summed E-state index contributed by atoms with van der Waals surface area (Å²) in [7, 11) is -1.98. The number of carbonyl (C=O) groups excluding carboxylic acids is 2. The molecule has 2 N–H and O–H groups in total. The van der Waals surface area contributed by atoms with Gasteiger partial charge < -0.3 is 10.5 Å². The van der Waals surface area contributed by atoms with Crippen LogP contribution in [0, 0.1) is 10.8 Å². The van der Waals surface area contributed by atoms with E-state index >= 15 is 0 Å². The van der Waals surface area contributed by atoms with Crippen LogP contribution in [-0.2, 0) is 26.0 Å². The molecule has 1 aliphatic rings. The van der Waals surface area contributed by atoms with Crippen LogP contribution in [0.2, 0.25) is 0 Å². The van der Waals surface area contributed by atoms with Crippen molar-refractivity contribution >= 4 is 51.0 Å². The molecule has 1 aromatic carbocycles. The molecule has 0 aliphatic carbocycles. The van der Waals surface area contributed by atoms with E-state index in [1.807, 2.05) is 71.0 Å². The number of piperidine rings is 1. The van der Waals surface area contributed by atoms with E-state index in [2.05, 4.69) is 17.5 Å². The average Bonchev–Trinajstić information content (AvgIpc) is 3.04. The van der Waals surface area contributed by atoms with Crippen molar-refractivity contribution in [1.82, 2.24) is 4.31 Å². The van der Waals surface area contributed by atoms with Gasteiger partial charge in [0, 0.05) is 41.2 Å². The van der Waals surface area contributed by atoms with Crippen molar-refractivity contribution in [3.63, 3.8) is 0 Å². The van der Waals surface area contributed by atoms with Crippen molar-refractivity contribution in [1.29, 1.82) is 0 Å². The lowest BCUT2D eigenvalue weighted by atomic mass is 10.0. The fourth-order valence-electron chi connectivity index (χ4n) is 3.42. The summed E-state index contributed by atoms with van der Waals surface area (Å²) in [6.45, 7) is 13.9. The summed E-state index contributed by atoms with van der Waals surface area (Å²) >= 11 is 10.9. The van der Waals surface area contributed by atoms with Gasteiger partial charge in [-0.1, -0.05) is 83.4 Å². The van der Waals surface area contributed by atoms with Crippen LogP contribution in [0.4, 0.5) is 0 Å². The molecule has 0 spiro atoms. The molecule has 43 heavy (non-hydrogen) atoms. The number of nitrogens with two attached hydrogens (primary N) is 1. The number of allylic oxidation sites excluding steroid dienone is 6. The molecule has 1 amide bonds. The van der Waals surface area contributed by atoms with Crippen LogP contribution in [0.5, 0.6) is 0 Å². The van der Waals surface area contributed by atoms with Crippen LogP contribution in [0.15, 0.2) is 82.5 Å². The van der Waals surface area contributed by atoms with E-state index in [1.165, 1.54) is 23.0 Å². The third-order valence-corrected chi connectivity index (χ3v) is 8.89. The van der Waals surface area contributed by atoms with Gasteiger partial charge in [0.05, 0.1) is 0 Å². The lowest BCUT2D eigenvalue weighted by molar-refractivity contribution is -0.118. The molecular formula is C32H47Cl2N3O5S. The van der Waals surface area contributed by atoms with Crippen molar-refractivity contribution in [2.75, 3.05) is 20.1 Å². The Morgan fingerprint density at radius 1 is 1.16 bits per heavy atom. The van der Waals surface area contributed by atoms with Gasteiger partial charge >= 0.3 is 0 Å². The minimum absolute atomic E-state index is 0.160. The highest BCUT2D eigenvalue weighted by Gasteiger charge is 2.32. The number of aryl methyl sites for hydroxylation is 1. The maximum atomic E-state index is 12.5. The van der Waals surface area contributed by atoms with Crippen molar-refractivity contribution in [2.45, 2.75) is 65.6 Å². The number of aldehydes is 1. The summed E-state index contributed by atoms with van der Waals surface area (Å²) in [5.74, 6) is -0.800. The predicted octanol–water partition coefficient (Wildman–Crippen LogP) is 7.54. The second-order valence-electron chi connectivity index (χ2n) is 9.38. The number of hydrogen-bond acceptors (Lipinski definition) is 6. The lowest BCUT2D eigenvalue weighted by Crippen LogP contribution is -2.44. The molecule has 1 aromatic rings. The molecule has 2 atom stereocenters. The summed E-state index contributed by atoms with van der Waals surface area (Å²) in [4.78, 5) is 31.5. The van der Waals surface area contributed by atoms with Crippen molar-refractivity contribution in [2.24, 2.45) is 16.8 Å². The van der Waals surface area contributed by atoms with Crippen LogP contribution in [0.1, 0.15) is 65.0 Å². The first-order valence-electron chi connectivity index (χ1n) is 13.9. The molecule has 8 nitrogen and oxygen atoms in total. The number of rotatable bonds is 10. The standard InChI is InChI=1S/C15H23NO3S.C12H12ClNO2.C4H7Cl.CH5N/c1-4-13(3)8-9-15(5-2)20(18,19)16-10-6-7-14(11-16)12-17;1-9(8-13)11-5-2-10(3-6-11)4-7-12(15)14-16;1-3-4(2)5;1-2/h4-5,8-9,12,14-15H,2,6-7,10-11H2,1,3H3;2-3,5-6,8H,4,7H2,1H3;3H,1-2H3;2H2,1H3/b9-8-,13-4-;9-8-;4-3+;. The zero-order valence-electron chi connectivity index (χ0n) is 26.1. The van der Waals surface area contributed by atoms with Gasteiger partial charge in [0.15, 0.2) is 0 Å². The quantitative estimate of drug-likeness (QED) is 0.120. The molecule has 1 aliphatic heterocycles. The number of amides is 1. The van der Waals surface area contributed by atoms with E-state index in [9.17, 15) is 22.9 Å². The number of nitrogens with zero attached hydrogens (tertiary/aromatic N) is 2. The second-order valence-corrected chi connectivity index (χ2v) is 12.3. The normalized spacial score (nSPS) is 16.8. The van der Waals surface area contributed by atoms with Gasteiger partial charge in [-0.25, -0.2) is 12.7 Å². The van der Waals surface area contributed by atoms with Crippen LogP contribution >= 0.6 is 23.2 Å².